The van der Waals surface area contributed by atoms with Crippen LogP contribution in [0.4, 0.5) is 5.69 Å². The van der Waals surface area contributed by atoms with Gasteiger partial charge in [-0.1, -0.05) is 0 Å². The average molecular weight is 242 g/mol. The van der Waals surface area contributed by atoms with Gasteiger partial charge in [-0.05, 0) is 18.6 Å². The molecule has 0 aromatic heterocycles. The van der Waals surface area contributed by atoms with Gasteiger partial charge >= 0.3 is 0 Å². The van der Waals surface area contributed by atoms with E-state index in [-0.39, 0.29) is 17.2 Å². The summed E-state index contributed by atoms with van der Waals surface area (Å²) in [5.74, 6) is 0.586. The zero-order chi connectivity index (χ0) is 11.7. The minimum Gasteiger partial charge on any atom is -0.490 e. The Morgan fingerprint density at radius 3 is 2.75 bits per heavy atom. The molecule has 0 bridgehead atoms. The second-order valence-electron chi connectivity index (χ2n) is 4.02. The highest BCUT2D eigenvalue weighted by Crippen LogP contribution is 2.32. The molecule has 1 aliphatic rings. The smallest absolute Gasteiger partial charge is 0.273 e. The Labute approximate surface area is 98.3 Å². The molecule has 86 valence electrons. The van der Waals surface area contributed by atoms with E-state index >= 15 is 0 Å². The standard InChI is InChI=1S/C11H12ClNO3/c1-7-2-3-9(13(14)15)6-11(7)16-10-4-8(12)5-10/h2-3,6,8,10H,4-5H2,1H3. The van der Waals surface area contributed by atoms with E-state index in [9.17, 15) is 10.1 Å². The molecule has 0 saturated heterocycles. The summed E-state index contributed by atoms with van der Waals surface area (Å²) in [6.45, 7) is 1.87. The third-order valence-corrected chi connectivity index (χ3v) is 3.07. The number of hydrogen-bond acceptors (Lipinski definition) is 3. The molecule has 0 amide bonds. The Morgan fingerprint density at radius 1 is 1.50 bits per heavy atom. The van der Waals surface area contributed by atoms with Crippen LogP contribution in [0.3, 0.4) is 0 Å². The van der Waals surface area contributed by atoms with Gasteiger partial charge in [-0.2, -0.15) is 0 Å². The number of nitro groups is 1. The van der Waals surface area contributed by atoms with Crippen LogP contribution in [-0.4, -0.2) is 16.4 Å². The van der Waals surface area contributed by atoms with Crippen molar-refractivity contribution in [2.75, 3.05) is 0 Å². The summed E-state index contributed by atoms with van der Waals surface area (Å²) in [6.07, 6.45) is 1.72. The largest absolute Gasteiger partial charge is 0.490 e. The Morgan fingerprint density at radius 2 is 2.19 bits per heavy atom. The van der Waals surface area contributed by atoms with Crippen molar-refractivity contribution in [3.8, 4) is 5.75 Å². The van der Waals surface area contributed by atoms with Crippen LogP contribution in [0.1, 0.15) is 18.4 Å². The first-order valence-electron chi connectivity index (χ1n) is 5.12. The molecular weight excluding hydrogens is 230 g/mol. The summed E-state index contributed by atoms with van der Waals surface area (Å²) in [5.41, 5.74) is 0.964. The number of alkyl halides is 1. The molecule has 16 heavy (non-hydrogen) atoms. The second-order valence-corrected chi connectivity index (χ2v) is 4.63. The van der Waals surface area contributed by atoms with Crippen LogP contribution in [0, 0.1) is 17.0 Å². The van der Waals surface area contributed by atoms with Crippen LogP contribution in [0.25, 0.3) is 0 Å². The number of ether oxygens (including phenoxy) is 1. The van der Waals surface area contributed by atoms with Crippen LogP contribution in [0.5, 0.6) is 5.75 Å². The highest BCUT2D eigenvalue weighted by atomic mass is 35.5. The summed E-state index contributed by atoms with van der Waals surface area (Å²) < 4.78 is 5.65. The molecule has 5 heteroatoms. The van der Waals surface area contributed by atoms with Crippen molar-refractivity contribution in [3.05, 3.63) is 33.9 Å². The van der Waals surface area contributed by atoms with Crippen LogP contribution < -0.4 is 4.74 Å². The van der Waals surface area contributed by atoms with Crippen molar-refractivity contribution < 1.29 is 9.66 Å². The molecule has 0 spiro atoms. The summed E-state index contributed by atoms with van der Waals surface area (Å²) in [6, 6.07) is 4.65. The molecule has 2 rings (SSSR count). The minimum atomic E-state index is -0.419. The average Bonchev–Trinajstić information content (AvgIpc) is 2.18. The third kappa shape index (κ3) is 2.27. The van der Waals surface area contributed by atoms with Crippen molar-refractivity contribution in [1.29, 1.82) is 0 Å². The lowest BCUT2D eigenvalue weighted by molar-refractivity contribution is -0.385. The van der Waals surface area contributed by atoms with Crippen LogP contribution in [0.2, 0.25) is 0 Å². The second kappa shape index (κ2) is 4.29. The van der Waals surface area contributed by atoms with E-state index in [2.05, 4.69) is 0 Å². The maximum Gasteiger partial charge on any atom is 0.273 e. The first-order chi connectivity index (χ1) is 7.56. The van der Waals surface area contributed by atoms with Gasteiger partial charge in [0.1, 0.15) is 11.9 Å². The van der Waals surface area contributed by atoms with Gasteiger partial charge in [-0.15, -0.1) is 11.6 Å². The van der Waals surface area contributed by atoms with Gasteiger partial charge in [0, 0.05) is 24.3 Å². The molecule has 1 fully saturated rings. The number of aryl methyl sites for hydroxylation is 1. The Bertz CT molecular complexity index is 416. The van der Waals surface area contributed by atoms with E-state index in [4.69, 9.17) is 16.3 Å². The molecule has 4 nitrogen and oxygen atoms in total. The zero-order valence-electron chi connectivity index (χ0n) is 8.85. The van der Waals surface area contributed by atoms with E-state index in [1.807, 2.05) is 6.92 Å². The SMILES string of the molecule is Cc1ccc([N+](=O)[O-])cc1OC1CC(Cl)C1. The number of benzene rings is 1. The topological polar surface area (TPSA) is 52.4 Å². The number of non-ortho nitro benzene ring substituents is 1. The summed E-state index contributed by atoms with van der Waals surface area (Å²) in [7, 11) is 0. The van der Waals surface area contributed by atoms with Gasteiger partial charge in [-0.3, -0.25) is 10.1 Å². The predicted octanol–water partition coefficient (Wildman–Crippen LogP) is 3.05. The van der Waals surface area contributed by atoms with Crippen molar-refractivity contribution in [2.45, 2.75) is 31.2 Å². The fraction of sp³-hybridized carbons (Fsp3) is 0.455. The third-order valence-electron chi connectivity index (χ3n) is 2.71. The van der Waals surface area contributed by atoms with Crippen LogP contribution in [0.15, 0.2) is 18.2 Å². The molecule has 1 aromatic rings. The lowest BCUT2D eigenvalue weighted by atomic mass is 9.95. The molecule has 1 saturated carbocycles. The summed E-state index contributed by atoms with van der Waals surface area (Å²) in [4.78, 5) is 10.2. The number of nitro benzene ring substituents is 1. The van der Waals surface area contributed by atoms with Gasteiger partial charge in [0.15, 0.2) is 0 Å². The van der Waals surface area contributed by atoms with Crippen molar-refractivity contribution in [3.63, 3.8) is 0 Å². The van der Waals surface area contributed by atoms with Crippen LogP contribution >= 0.6 is 11.6 Å². The number of nitrogens with zero attached hydrogens (tertiary/aromatic N) is 1. The van der Waals surface area contributed by atoms with Crippen LogP contribution in [-0.2, 0) is 0 Å². The van der Waals surface area contributed by atoms with Gasteiger partial charge in [0.25, 0.3) is 5.69 Å². The molecule has 0 atom stereocenters. The molecule has 0 N–H and O–H groups in total. The molecule has 1 aliphatic carbocycles. The highest BCUT2D eigenvalue weighted by Gasteiger charge is 2.29. The Hall–Kier alpha value is -1.29. The molecular formula is C11H12ClNO3. The Kier molecular flexibility index (Phi) is 3.01. The van der Waals surface area contributed by atoms with Gasteiger partial charge < -0.3 is 4.74 Å². The van der Waals surface area contributed by atoms with E-state index in [1.54, 1.807) is 6.07 Å². The number of rotatable bonds is 3. The van der Waals surface area contributed by atoms with Crippen molar-refractivity contribution in [2.24, 2.45) is 0 Å². The molecule has 0 unspecified atom stereocenters. The van der Waals surface area contributed by atoms with Gasteiger partial charge in [-0.25, -0.2) is 0 Å². The fourth-order valence-corrected chi connectivity index (χ4v) is 2.00. The van der Waals surface area contributed by atoms with E-state index < -0.39 is 4.92 Å². The summed E-state index contributed by atoms with van der Waals surface area (Å²) >= 11 is 5.84. The lowest BCUT2D eigenvalue weighted by Crippen LogP contribution is -2.34. The Balaban J connectivity index is 2.12. The molecule has 0 radical (unpaired) electrons. The minimum absolute atomic E-state index is 0.0577. The highest BCUT2D eigenvalue weighted by molar-refractivity contribution is 6.21. The quantitative estimate of drug-likeness (QED) is 0.464. The maximum absolute atomic E-state index is 10.6. The maximum atomic E-state index is 10.6. The van der Waals surface area contributed by atoms with Crippen molar-refractivity contribution in [1.82, 2.24) is 0 Å². The molecule has 0 aliphatic heterocycles. The number of hydrogen-bond donors (Lipinski definition) is 0. The van der Waals surface area contributed by atoms with E-state index in [1.165, 1.54) is 12.1 Å². The first-order valence-corrected chi connectivity index (χ1v) is 5.55. The van der Waals surface area contributed by atoms with Gasteiger partial charge in [0.2, 0.25) is 0 Å². The molecule has 1 aromatic carbocycles. The fourth-order valence-electron chi connectivity index (χ4n) is 1.61. The van der Waals surface area contributed by atoms with E-state index in [0.29, 0.717) is 5.75 Å². The molecule has 0 heterocycles. The predicted molar refractivity (Wildman–Crippen MR) is 61.1 cm³/mol. The lowest BCUT2D eigenvalue weighted by Gasteiger charge is -2.31. The summed E-state index contributed by atoms with van der Waals surface area (Å²) in [5, 5.41) is 10.8. The monoisotopic (exact) mass is 241 g/mol. The van der Waals surface area contributed by atoms with Gasteiger partial charge in [0.05, 0.1) is 11.0 Å². The van der Waals surface area contributed by atoms with Crippen molar-refractivity contribution >= 4 is 17.3 Å². The normalized spacial score (nSPS) is 23.6. The number of halogens is 1. The zero-order valence-corrected chi connectivity index (χ0v) is 9.61. The first kappa shape index (κ1) is 11.2. The van der Waals surface area contributed by atoms with E-state index in [0.717, 1.165) is 18.4 Å².